The van der Waals surface area contributed by atoms with E-state index < -0.39 is 0 Å². The van der Waals surface area contributed by atoms with Crippen LogP contribution in [0.3, 0.4) is 0 Å². The molecule has 0 bridgehead atoms. The van der Waals surface area contributed by atoms with Crippen molar-refractivity contribution in [1.82, 2.24) is 0 Å². The standard InChI is InChI=1S/C26H28N2S/c1-19-10-11-23(21-8-6-5-7-9-21)17-25(14-15-27)29-26(19)18-22-12-13-24(28(3)4)16-20(22)2/h5-9,11-14,16,18-19H,10,17H2,1-4H3/b23-11?,25-14-,26-18+. The number of allylic oxidation sites excluding steroid dienone is 5. The molecular weight excluding hydrogens is 372 g/mol. The van der Waals surface area contributed by atoms with E-state index in [1.54, 1.807) is 17.8 Å². The number of thioether (sulfide) groups is 1. The molecule has 2 aromatic rings. The molecule has 1 aliphatic heterocycles. The van der Waals surface area contributed by atoms with Crippen LogP contribution in [-0.4, -0.2) is 14.1 Å². The first-order chi connectivity index (χ1) is 14.0. The summed E-state index contributed by atoms with van der Waals surface area (Å²) in [5.41, 5.74) is 6.27. The largest absolute Gasteiger partial charge is 0.378 e. The van der Waals surface area contributed by atoms with Crippen molar-refractivity contribution < 1.29 is 0 Å². The third kappa shape index (κ3) is 5.43. The zero-order valence-electron chi connectivity index (χ0n) is 17.6. The highest BCUT2D eigenvalue weighted by Crippen LogP contribution is 2.42. The smallest absolute Gasteiger partial charge is 0.0920 e. The first-order valence-corrected chi connectivity index (χ1v) is 10.8. The van der Waals surface area contributed by atoms with E-state index in [1.165, 1.54) is 32.9 Å². The van der Waals surface area contributed by atoms with Crippen LogP contribution in [0.1, 0.15) is 36.5 Å². The van der Waals surface area contributed by atoms with E-state index in [9.17, 15) is 5.26 Å². The Labute approximate surface area is 179 Å². The molecule has 0 aliphatic carbocycles. The Morgan fingerprint density at radius 2 is 1.90 bits per heavy atom. The van der Waals surface area contributed by atoms with E-state index in [2.05, 4.69) is 93.5 Å². The highest BCUT2D eigenvalue weighted by molar-refractivity contribution is 8.06. The van der Waals surface area contributed by atoms with Gasteiger partial charge in [-0.1, -0.05) is 61.2 Å². The fourth-order valence-electron chi connectivity index (χ4n) is 3.43. The molecule has 0 amide bonds. The van der Waals surface area contributed by atoms with Crippen LogP contribution in [0.15, 0.2) is 70.5 Å². The van der Waals surface area contributed by atoms with Gasteiger partial charge in [0, 0.05) is 37.2 Å². The number of nitriles is 1. The Bertz CT molecular complexity index is 991. The number of anilines is 1. The van der Waals surface area contributed by atoms with Gasteiger partial charge in [-0.15, -0.1) is 0 Å². The summed E-state index contributed by atoms with van der Waals surface area (Å²) in [4.78, 5) is 4.54. The molecule has 3 rings (SSSR count). The predicted molar refractivity (Wildman–Crippen MR) is 128 cm³/mol. The van der Waals surface area contributed by atoms with Gasteiger partial charge in [-0.2, -0.15) is 5.26 Å². The van der Waals surface area contributed by atoms with Gasteiger partial charge in [0.2, 0.25) is 0 Å². The lowest BCUT2D eigenvalue weighted by molar-refractivity contribution is 0.735. The van der Waals surface area contributed by atoms with Crippen molar-refractivity contribution in [1.29, 1.82) is 5.26 Å². The molecule has 0 spiro atoms. The van der Waals surface area contributed by atoms with Crippen molar-refractivity contribution in [2.24, 2.45) is 5.92 Å². The molecule has 0 saturated carbocycles. The maximum absolute atomic E-state index is 9.32. The van der Waals surface area contributed by atoms with Crippen molar-refractivity contribution in [2.45, 2.75) is 26.7 Å². The Balaban J connectivity index is 1.95. The molecule has 1 heterocycles. The van der Waals surface area contributed by atoms with E-state index in [1.807, 2.05) is 6.07 Å². The number of nitrogens with zero attached hydrogens (tertiary/aromatic N) is 2. The molecule has 0 saturated heterocycles. The molecule has 148 valence electrons. The molecule has 0 N–H and O–H groups in total. The monoisotopic (exact) mass is 400 g/mol. The van der Waals surface area contributed by atoms with Gasteiger partial charge in [0.1, 0.15) is 0 Å². The van der Waals surface area contributed by atoms with Crippen LogP contribution in [0.25, 0.3) is 11.6 Å². The third-order valence-electron chi connectivity index (χ3n) is 5.25. The Morgan fingerprint density at radius 1 is 1.14 bits per heavy atom. The van der Waals surface area contributed by atoms with E-state index in [0.29, 0.717) is 5.92 Å². The number of benzene rings is 2. The zero-order chi connectivity index (χ0) is 20.8. The molecule has 3 heteroatoms. The van der Waals surface area contributed by atoms with Crippen LogP contribution in [0.5, 0.6) is 0 Å². The van der Waals surface area contributed by atoms with Crippen LogP contribution in [0, 0.1) is 24.2 Å². The fourth-order valence-corrected chi connectivity index (χ4v) is 4.56. The Kier molecular flexibility index (Phi) is 7.01. The lowest BCUT2D eigenvalue weighted by Crippen LogP contribution is -2.08. The topological polar surface area (TPSA) is 27.0 Å². The SMILES string of the molecule is Cc1cc(N(C)C)ccc1/C=C1/S/C(=C\C#N)CC(c2ccccc2)=CCC1C. The lowest BCUT2D eigenvalue weighted by Gasteiger charge is -2.22. The molecule has 29 heavy (non-hydrogen) atoms. The minimum Gasteiger partial charge on any atom is -0.378 e. The molecule has 2 aromatic carbocycles. The van der Waals surface area contributed by atoms with E-state index >= 15 is 0 Å². The van der Waals surface area contributed by atoms with Gasteiger partial charge in [-0.05, 0) is 64.6 Å². The van der Waals surface area contributed by atoms with Gasteiger partial charge in [0.15, 0.2) is 0 Å². The van der Waals surface area contributed by atoms with Crippen molar-refractivity contribution in [3.8, 4) is 6.07 Å². The lowest BCUT2D eigenvalue weighted by atomic mass is 9.96. The molecule has 1 unspecified atom stereocenters. The van der Waals surface area contributed by atoms with Gasteiger partial charge in [0.05, 0.1) is 6.07 Å². The Hall–Kier alpha value is -2.70. The number of rotatable bonds is 3. The molecule has 0 radical (unpaired) electrons. The van der Waals surface area contributed by atoms with Crippen molar-refractivity contribution in [2.75, 3.05) is 19.0 Å². The average Bonchev–Trinajstić information content (AvgIpc) is 2.71. The molecular formula is C26H28N2S. The summed E-state index contributed by atoms with van der Waals surface area (Å²) in [6.45, 7) is 4.44. The van der Waals surface area contributed by atoms with Gasteiger partial charge in [-0.25, -0.2) is 0 Å². The normalized spacial score (nSPS) is 20.0. The van der Waals surface area contributed by atoms with E-state index in [4.69, 9.17) is 0 Å². The second kappa shape index (κ2) is 9.67. The first-order valence-electron chi connectivity index (χ1n) is 9.98. The van der Waals surface area contributed by atoms with Crippen molar-refractivity contribution in [3.05, 3.63) is 87.2 Å². The maximum Gasteiger partial charge on any atom is 0.0920 e. The van der Waals surface area contributed by atoms with E-state index in [0.717, 1.165) is 17.7 Å². The highest BCUT2D eigenvalue weighted by Gasteiger charge is 2.17. The summed E-state index contributed by atoms with van der Waals surface area (Å²) in [7, 11) is 4.13. The van der Waals surface area contributed by atoms with Crippen LogP contribution in [0.4, 0.5) is 5.69 Å². The molecule has 1 atom stereocenters. The fraction of sp³-hybridized carbons (Fsp3) is 0.269. The number of aryl methyl sites for hydroxylation is 1. The van der Waals surface area contributed by atoms with Crippen molar-refractivity contribution >= 4 is 29.1 Å². The summed E-state index contributed by atoms with van der Waals surface area (Å²) in [6, 6.07) is 19.3. The predicted octanol–water partition coefficient (Wildman–Crippen LogP) is 7.06. The van der Waals surface area contributed by atoms with Gasteiger partial charge >= 0.3 is 0 Å². The van der Waals surface area contributed by atoms with Crippen LogP contribution >= 0.6 is 11.8 Å². The minimum atomic E-state index is 0.397. The number of hydrogen-bond donors (Lipinski definition) is 0. The molecule has 0 aromatic heterocycles. The van der Waals surface area contributed by atoms with Crippen LogP contribution in [0.2, 0.25) is 0 Å². The second-order valence-corrected chi connectivity index (χ2v) is 8.93. The molecule has 2 nitrogen and oxygen atoms in total. The highest BCUT2D eigenvalue weighted by atomic mass is 32.2. The average molecular weight is 401 g/mol. The summed E-state index contributed by atoms with van der Waals surface area (Å²) in [5.74, 6) is 0.397. The summed E-state index contributed by atoms with van der Waals surface area (Å²) in [6.07, 6.45) is 8.15. The summed E-state index contributed by atoms with van der Waals surface area (Å²) < 4.78 is 0. The third-order valence-corrected chi connectivity index (χ3v) is 6.54. The summed E-state index contributed by atoms with van der Waals surface area (Å²) in [5, 5.41) is 9.32. The number of hydrogen-bond acceptors (Lipinski definition) is 3. The Morgan fingerprint density at radius 3 is 2.55 bits per heavy atom. The van der Waals surface area contributed by atoms with Gasteiger partial charge in [0.25, 0.3) is 0 Å². The molecule has 1 aliphatic rings. The molecule has 0 fully saturated rings. The minimum absolute atomic E-state index is 0.397. The van der Waals surface area contributed by atoms with Gasteiger partial charge in [-0.3, -0.25) is 0 Å². The van der Waals surface area contributed by atoms with Crippen molar-refractivity contribution in [3.63, 3.8) is 0 Å². The zero-order valence-corrected chi connectivity index (χ0v) is 18.5. The van der Waals surface area contributed by atoms with Crippen LogP contribution < -0.4 is 4.90 Å². The quantitative estimate of drug-likeness (QED) is 0.516. The van der Waals surface area contributed by atoms with Gasteiger partial charge < -0.3 is 4.90 Å². The van der Waals surface area contributed by atoms with Crippen LogP contribution in [-0.2, 0) is 0 Å². The summed E-state index contributed by atoms with van der Waals surface area (Å²) >= 11 is 1.76. The first kappa shape index (κ1) is 21.0. The van der Waals surface area contributed by atoms with E-state index in [-0.39, 0.29) is 0 Å². The maximum atomic E-state index is 9.32. The second-order valence-electron chi connectivity index (χ2n) is 7.73.